The van der Waals surface area contributed by atoms with Gasteiger partial charge in [0.05, 0.1) is 17.5 Å². The normalized spacial score (nSPS) is 27.4. The van der Waals surface area contributed by atoms with E-state index in [-0.39, 0.29) is 41.3 Å². The highest BCUT2D eigenvalue weighted by atomic mass is 32.2. The van der Waals surface area contributed by atoms with Crippen molar-refractivity contribution >= 4 is 27.3 Å². The zero-order valence-corrected chi connectivity index (χ0v) is 16.0. The highest BCUT2D eigenvalue weighted by Gasteiger charge is 2.42. The molecule has 1 aliphatic carbocycles. The van der Waals surface area contributed by atoms with Gasteiger partial charge in [0.15, 0.2) is 9.84 Å². The van der Waals surface area contributed by atoms with E-state index in [1.807, 2.05) is 0 Å². The molecule has 0 bridgehead atoms. The van der Waals surface area contributed by atoms with Crippen molar-refractivity contribution in [1.29, 1.82) is 0 Å². The number of amides is 2. The summed E-state index contributed by atoms with van der Waals surface area (Å²) in [6.45, 7) is 1.78. The van der Waals surface area contributed by atoms with E-state index in [1.54, 1.807) is 24.3 Å². The zero-order valence-electron chi connectivity index (χ0n) is 15.2. The fraction of sp³-hybridized carbons (Fsp3) is 0.579. The van der Waals surface area contributed by atoms with E-state index in [1.165, 1.54) is 0 Å². The van der Waals surface area contributed by atoms with Gasteiger partial charge in [-0.15, -0.1) is 0 Å². The minimum Gasteiger partial charge on any atom is -0.347 e. The monoisotopic (exact) mass is 391 g/mol. The third kappa shape index (κ3) is 4.32. The molecule has 1 aromatic rings. The maximum Gasteiger partial charge on any atom is 0.251 e. The lowest BCUT2D eigenvalue weighted by molar-refractivity contribution is -0.117. The van der Waals surface area contributed by atoms with Gasteiger partial charge in [-0.3, -0.25) is 14.5 Å². The Morgan fingerprint density at radius 3 is 2.30 bits per heavy atom. The average Bonchev–Trinajstić information content (AvgIpc) is 3.25. The Labute approximate surface area is 159 Å². The third-order valence-corrected chi connectivity index (χ3v) is 7.33. The number of sulfone groups is 1. The highest BCUT2D eigenvalue weighted by Crippen LogP contribution is 2.30. The van der Waals surface area contributed by atoms with E-state index >= 15 is 0 Å². The molecule has 1 aromatic carbocycles. The van der Waals surface area contributed by atoms with Crippen LogP contribution in [0.5, 0.6) is 0 Å². The van der Waals surface area contributed by atoms with Gasteiger partial charge in [0.25, 0.3) is 5.91 Å². The van der Waals surface area contributed by atoms with Crippen LogP contribution in [0, 0.1) is 5.92 Å². The van der Waals surface area contributed by atoms with Gasteiger partial charge in [-0.1, -0.05) is 0 Å². The predicted octanol–water partition coefficient (Wildman–Crippen LogP) is 1.03. The first-order valence-electron chi connectivity index (χ1n) is 9.57. The van der Waals surface area contributed by atoms with Crippen LogP contribution in [0.15, 0.2) is 24.3 Å². The van der Waals surface area contributed by atoms with E-state index in [9.17, 15) is 18.0 Å². The number of hydrogen-bond donors (Lipinski definition) is 2. The Morgan fingerprint density at radius 1 is 1.00 bits per heavy atom. The molecule has 1 saturated carbocycles. The predicted molar refractivity (Wildman–Crippen MR) is 102 cm³/mol. The fourth-order valence-corrected chi connectivity index (χ4v) is 5.90. The standard InChI is InChI=1S/C19H25N3O4S/c23-18(13-3-4-13)20-15-7-5-14(6-8-15)19(24)21-16-11-27(25,26)12-17(16)22-9-1-2-10-22/h5-8,13,16-17H,1-4,9-12H2,(H,20,23)(H,21,24). The molecule has 3 fully saturated rings. The van der Waals surface area contributed by atoms with Gasteiger partial charge in [0, 0.05) is 23.2 Å². The van der Waals surface area contributed by atoms with Crippen LogP contribution >= 0.6 is 0 Å². The van der Waals surface area contributed by atoms with Crippen LogP contribution < -0.4 is 10.6 Å². The van der Waals surface area contributed by atoms with Crippen molar-refractivity contribution in [1.82, 2.24) is 10.2 Å². The molecule has 2 atom stereocenters. The second kappa shape index (κ2) is 7.24. The van der Waals surface area contributed by atoms with E-state index in [0.717, 1.165) is 38.8 Å². The summed E-state index contributed by atoms with van der Waals surface area (Å²) in [5.74, 6) is -0.0162. The number of likely N-dealkylation sites (tertiary alicyclic amines) is 1. The first-order valence-corrected chi connectivity index (χ1v) is 11.4. The summed E-state index contributed by atoms with van der Waals surface area (Å²) >= 11 is 0. The number of hydrogen-bond acceptors (Lipinski definition) is 5. The smallest absolute Gasteiger partial charge is 0.251 e. The molecule has 27 heavy (non-hydrogen) atoms. The number of benzene rings is 1. The molecule has 2 heterocycles. The molecule has 146 valence electrons. The lowest BCUT2D eigenvalue weighted by atomic mass is 10.1. The molecular formula is C19H25N3O4S. The molecule has 7 nitrogen and oxygen atoms in total. The lowest BCUT2D eigenvalue weighted by Gasteiger charge is -2.28. The van der Waals surface area contributed by atoms with Crippen molar-refractivity contribution in [2.24, 2.45) is 5.92 Å². The second-order valence-corrected chi connectivity index (χ2v) is 9.96. The average molecular weight is 391 g/mol. The molecule has 2 amide bonds. The molecule has 2 unspecified atom stereocenters. The van der Waals surface area contributed by atoms with Gasteiger partial charge in [-0.25, -0.2) is 8.42 Å². The molecule has 3 aliphatic rings. The molecule has 0 radical (unpaired) electrons. The van der Waals surface area contributed by atoms with Gasteiger partial charge < -0.3 is 10.6 Å². The largest absolute Gasteiger partial charge is 0.347 e. The number of rotatable bonds is 5. The van der Waals surface area contributed by atoms with Crippen molar-refractivity contribution < 1.29 is 18.0 Å². The van der Waals surface area contributed by atoms with E-state index in [4.69, 9.17) is 0 Å². The molecule has 4 rings (SSSR count). The Hall–Kier alpha value is -1.93. The van der Waals surface area contributed by atoms with Crippen molar-refractivity contribution in [3.8, 4) is 0 Å². The number of anilines is 1. The number of nitrogens with zero attached hydrogens (tertiary/aromatic N) is 1. The van der Waals surface area contributed by atoms with Gasteiger partial charge in [-0.05, 0) is 63.0 Å². The maximum absolute atomic E-state index is 12.6. The van der Waals surface area contributed by atoms with Crippen LogP contribution in [0.4, 0.5) is 5.69 Å². The SMILES string of the molecule is O=C(NC1CS(=O)(=O)CC1N1CCCC1)c1ccc(NC(=O)C2CC2)cc1. The van der Waals surface area contributed by atoms with Crippen LogP contribution in [-0.2, 0) is 14.6 Å². The van der Waals surface area contributed by atoms with Crippen molar-refractivity contribution in [2.45, 2.75) is 37.8 Å². The summed E-state index contributed by atoms with van der Waals surface area (Å²) < 4.78 is 24.2. The topological polar surface area (TPSA) is 95.6 Å². The first-order chi connectivity index (χ1) is 12.9. The first kappa shape index (κ1) is 18.4. The molecule has 8 heteroatoms. The van der Waals surface area contributed by atoms with Crippen molar-refractivity contribution in [3.63, 3.8) is 0 Å². The number of carbonyl (C=O) groups excluding carboxylic acids is 2. The Bertz CT molecular complexity index is 827. The fourth-order valence-electron chi connectivity index (χ4n) is 3.95. The summed E-state index contributed by atoms with van der Waals surface area (Å²) in [6, 6.07) is 6.21. The van der Waals surface area contributed by atoms with Crippen LogP contribution in [-0.4, -0.2) is 61.8 Å². The summed E-state index contributed by atoms with van der Waals surface area (Å²) in [6.07, 6.45) is 4.03. The van der Waals surface area contributed by atoms with Crippen LogP contribution in [0.25, 0.3) is 0 Å². The van der Waals surface area contributed by atoms with Crippen molar-refractivity contribution in [3.05, 3.63) is 29.8 Å². The molecule has 2 aliphatic heterocycles. The van der Waals surface area contributed by atoms with E-state index < -0.39 is 9.84 Å². The minimum absolute atomic E-state index is 0.00453. The van der Waals surface area contributed by atoms with Crippen LogP contribution in [0.2, 0.25) is 0 Å². The zero-order chi connectivity index (χ0) is 19.0. The maximum atomic E-state index is 12.6. The number of carbonyl (C=O) groups is 2. The minimum atomic E-state index is -3.14. The summed E-state index contributed by atoms with van der Waals surface area (Å²) in [4.78, 5) is 26.6. The van der Waals surface area contributed by atoms with Crippen LogP contribution in [0.1, 0.15) is 36.0 Å². The summed E-state index contributed by atoms with van der Waals surface area (Å²) in [5, 5.41) is 5.76. The molecule has 2 N–H and O–H groups in total. The third-order valence-electron chi connectivity index (χ3n) is 5.61. The van der Waals surface area contributed by atoms with Gasteiger partial charge in [0.2, 0.25) is 5.91 Å². The summed E-state index contributed by atoms with van der Waals surface area (Å²) in [5.41, 5.74) is 1.13. The highest BCUT2D eigenvalue weighted by molar-refractivity contribution is 7.91. The lowest BCUT2D eigenvalue weighted by Crippen LogP contribution is -2.50. The summed E-state index contributed by atoms with van der Waals surface area (Å²) in [7, 11) is -3.14. The van der Waals surface area contributed by atoms with E-state index in [2.05, 4.69) is 15.5 Å². The molecule has 2 saturated heterocycles. The van der Waals surface area contributed by atoms with Crippen molar-refractivity contribution in [2.75, 3.05) is 29.9 Å². The van der Waals surface area contributed by atoms with E-state index in [0.29, 0.717) is 11.3 Å². The number of nitrogens with one attached hydrogen (secondary N) is 2. The molecule has 0 aromatic heterocycles. The van der Waals surface area contributed by atoms with Crippen LogP contribution in [0.3, 0.4) is 0 Å². The van der Waals surface area contributed by atoms with Gasteiger partial charge >= 0.3 is 0 Å². The Kier molecular flexibility index (Phi) is 4.94. The van der Waals surface area contributed by atoms with Gasteiger partial charge in [-0.2, -0.15) is 0 Å². The molecular weight excluding hydrogens is 366 g/mol. The second-order valence-electron chi connectivity index (χ2n) is 7.81. The van der Waals surface area contributed by atoms with Gasteiger partial charge in [0.1, 0.15) is 0 Å². The Morgan fingerprint density at radius 2 is 1.67 bits per heavy atom. The molecule has 0 spiro atoms. The Balaban J connectivity index is 1.40. The quantitative estimate of drug-likeness (QED) is 0.782.